The lowest BCUT2D eigenvalue weighted by molar-refractivity contribution is -0.280. The molecule has 0 aromatic carbocycles. The van der Waals surface area contributed by atoms with E-state index in [4.69, 9.17) is 29.4 Å². The predicted molar refractivity (Wildman–Crippen MR) is 138 cm³/mol. The van der Waals surface area contributed by atoms with Gasteiger partial charge >= 0.3 is 0 Å². The number of carbonyl (C=O) groups is 1. The van der Waals surface area contributed by atoms with E-state index in [9.17, 15) is 25.2 Å². The fourth-order valence-corrected chi connectivity index (χ4v) is 5.70. The van der Waals surface area contributed by atoms with Crippen LogP contribution < -0.4 is 11.1 Å². The summed E-state index contributed by atoms with van der Waals surface area (Å²) in [5.41, 5.74) is 2.28. The zero-order valence-electron chi connectivity index (χ0n) is 23.9. The molecule has 0 radical (unpaired) electrons. The average Bonchev–Trinajstić information content (AvgIpc) is 2.89. The predicted octanol–water partition coefficient (Wildman–Crippen LogP) is -1.06. The Labute approximate surface area is 226 Å². The van der Waals surface area contributed by atoms with Gasteiger partial charge in [0.15, 0.2) is 0 Å². The van der Waals surface area contributed by atoms with Gasteiger partial charge in [0.2, 0.25) is 5.91 Å². The summed E-state index contributed by atoms with van der Waals surface area (Å²) in [5, 5.41) is 45.6. The Morgan fingerprint density at radius 3 is 2.00 bits per heavy atom. The molecule has 0 aliphatic carbocycles. The highest BCUT2D eigenvalue weighted by atomic mass is 16.6. The van der Waals surface area contributed by atoms with Crippen LogP contribution in [0.15, 0.2) is 0 Å². The van der Waals surface area contributed by atoms with Crippen molar-refractivity contribution in [2.24, 2.45) is 16.6 Å². The summed E-state index contributed by atoms with van der Waals surface area (Å²) in [5.74, 6) is -0.329. The minimum Gasteiger partial charge on any atom is -0.394 e. The van der Waals surface area contributed by atoms with Gasteiger partial charge in [0, 0.05) is 31.5 Å². The number of hydrogen-bond donors (Lipinski definition) is 6. The van der Waals surface area contributed by atoms with Crippen molar-refractivity contribution in [1.82, 2.24) is 5.32 Å². The number of nitrogens with two attached hydrogens (primary N) is 1. The Morgan fingerprint density at radius 2 is 1.47 bits per heavy atom. The van der Waals surface area contributed by atoms with Gasteiger partial charge in [-0.3, -0.25) is 4.79 Å². The maximum absolute atomic E-state index is 12.6. The van der Waals surface area contributed by atoms with Gasteiger partial charge in [-0.25, -0.2) is 0 Å². The van der Waals surface area contributed by atoms with Crippen molar-refractivity contribution >= 4 is 5.91 Å². The van der Waals surface area contributed by atoms with Gasteiger partial charge in [-0.05, 0) is 20.3 Å². The Morgan fingerprint density at radius 1 is 0.895 bits per heavy atom. The molecule has 10 atom stereocenters. The van der Waals surface area contributed by atoms with Crippen LogP contribution >= 0.6 is 0 Å². The fourth-order valence-electron chi connectivity index (χ4n) is 5.70. The highest BCUT2D eigenvalue weighted by Crippen LogP contribution is 2.45. The van der Waals surface area contributed by atoms with E-state index >= 15 is 0 Å². The molecule has 7 N–H and O–H groups in total. The van der Waals surface area contributed by atoms with Crippen LogP contribution in [0.2, 0.25) is 0 Å². The Bertz CT molecular complexity index is 772. The van der Waals surface area contributed by atoms with Crippen molar-refractivity contribution in [2.75, 3.05) is 53.9 Å². The second-order valence-corrected chi connectivity index (χ2v) is 11.7. The Balaban J connectivity index is 2.25. The van der Waals surface area contributed by atoms with E-state index in [-0.39, 0.29) is 45.4 Å². The highest BCUT2D eigenvalue weighted by molar-refractivity contribution is 5.76. The Kier molecular flexibility index (Phi) is 11.5. The third-order valence-electron chi connectivity index (χ3n) is 8.84. The second-order valence-electron chi connectivity index (χ2n) is 11.7. The van der Waals surface area contributed by atoms with E-state index in [0.29, 0.717) is 6.42 Å². The zero-order valence-corrected chi connectivity index (χ0v) is 23.9. The van der Waals surface area contributed by atoms with Gasteiger partial charge in [-0.2, -0.15) is 0 Å². The standard InChI is InChI=1S/C26H50N2O10/c1-8-23(2)16(11-29)37-25(4,19(27)21(23)32)15-36-13-24(3)17(12-30)38-26(5,14-35-7)20(22(24)33)28-18(31)9-10-34-6/h16-17,19-22,29-30,32-33H,8-15,27H2,1-7H3,(H,28,31). The molecule has 2 aliphatic heterocycles. The molecule has 2 heterocycles. The first-order chi connectivity index (χ1) is 17.7. The quantitative estimate of drug-likeness (QED) is 0.164. The summed E-state index contributed by atoms with van der Waals surface area (Å²) in [6.07, 6.45) is -2.98. The van der Waals surface area contributed by atoms with Gasteiger partial charge in [-0.1, -0.05) is 20.8 Å². The summed E-state index contributed by atoms with van der Waals surface area (Å²) in [4.78, 5) is 12.6. The molecule has 1 amide bonds. The minimum absolute atomic E-state index is 0.0534. The monoisotopic (exact) mass is 550 g/mol. The first-order valence-electron chi connectivity index (χ1n) is 13.3. The maximum atomic E-state index is 12.6. The number of amides is 1. The van der Waals surface area contributed by atoms with Crippen LogP contribution in [0.4, 0.5) is 0 Å². The summed E-state index contributed by atoms with van der Waals surface area (Å²) < 4.78 is 28.8. The number of aliphatic hydroxyl groups excluding tert-OH is 4. The van der Waals surface area contributed by atoms with Gasteiger partial charge in [0.1, 0.15) is 11.2 Å². The molecule has 224 valence electrons. The van der Waals surface area contributed by atoms with Crippen molar-refractivity contribution in [1.29, 1.82) is 0 Å². The smallest absolute Gasteiger partial charge is 0.222 e. The number of carbonyl (C=O) groups excluding carboxylic acids is 1. The number of methoxy groups -OCH3 is 2. The first-order valence-corrected chi connectivity index (χ1v) is 13.3. The van der Waals surface area contributed by atoms with Crippen LogP contribution in [0.5, 0.6) is 0 Å². The van der Waals surface area contributed by atoms with Gasteiger partial charge in [0.05, 0.1) is 76.1 Å². The van der Waals surface area contributed by atoms with E-state index in [1.54, 1.807) is 20.8 Å². The van der Waals surface area contributed by atoms with Crippen LogP contribution in [0.3, 0.4) is 0 Å². The molecule has 12 heteroatoms. The number of hydrogen-bond acceptors (Lipinski definition) is 11. The van der Waals surface area contributed by atoms with Crippen molar-refractivity contribution in [3.63, 3.8) is 0 Å². The molecule has 12 nitrogen and oxygen atoms in total. The van der Waals surface area contributed by atoms with E-state index in [0.717, 1.165) is 0 Å². The SMILES string of the molecule is CCC1(C)C(CO)OC(C)(COCC2(C)C(CO)OC(C)(COC)C(NC(=O)CCOC)C2O)C(N)C1O. The maximum Gasteiger partial charge on any atom is 0.222 e. The molecule has 38 heavy (non-hydrogen) atoms. The van der Waals surface area contributed by atoms with Crippen LogP contribution in [0.25, 0.3) is 0 Å². The largest absolute Gasteiger partial charge is 0.394 e. The minimum atomic E-state index is -1.19. The molecule has 0 saturated carbocycles. The molecular formula is C26H50N2O10. The number of aliphatic hydroxyl groups is 4. The zero-order chi connectivity index (χ0) is 28.9. The van der Waals surface area contributed by atoms with E-state index in [2.05, 4.69) is 5.32 Å². The van der Waals surface area contributed by atoms with Crippen molar-refractivity contribution in [2.45, 2.75) is 95.2 Å². The summed E-state index contributed by atoms with van der Waals surface area (Å²) in [7, 11) is 2.98. The lowest BCUT2D eigenvalue weighted by atomic mass is 9.68. The number of nitrogens with one attached hydrogen (secondary N) is 1. The normalized spacial score (nSPS) is 43.7. The highest BCUT2D eigenvalue weighted by Gasteiger charge is 2.59. The molecule has 10 unspecified atom stereocenters. The van der Waals surface area contributed by atoms with Gasteiger partial charge in [-0.15, -0.1) is 0 Å². The van der Waals surface area contributed by atoms with Crippen LogP contribution in [0.1, 0.15) is 47.5 Å². The van der Waals surface area contributed by atoms with Crippen molar-refractivity contribution in [3.8, 4) is 0 Å². The van der Waals surface area contributed by atoms with E-state index < -0.39 is 65.1 Å². The first kappa shape index (κ1) is 33.3. The van der Waals surface area contributed by atoms with Crippen LogP contribution in [-0.2, 0) is 28.5 Å². The molecule has 2 aliphatic rings. The van der Waals surface area contributed by atoms with Crippen LogP contribution in [0, 0.1) is 10.8 Å². The molecule has 2 rings (SSSR count). The third-order valence-corrected chi connectivity index (χ3v) is 8.84. The number of ether oxygens (including phenoxy) is 5. The van der Waals surface area contributed by atoms with E-state index in [1.807, 2.05) is 13.8 Å². The molecule has 0 bridgehead atoms. The third kappa shape index (κ3) is 6.35. The molecule has 0 aromatic rings. The molecule has 2 fully saturated rings. The molecule has 2 saturated heterocycles. The van der Waals surface area contributed by atoms with Crippen molar-refractivity contribution < 1.29 is 48.9 Å². The van der Waals surface area contributed by atoms with Crippen LogP contribution in [-0.4, -0.2) is 128 Å². The van der Waals surface area contributed by atoms with Crippen molar-refractivity contribution in [3.05, 3.63) is 0 Å². The van der Waals surface area contributed by atoms with E-state index in [1.165, 1.54) is 14.2 Å². The lowest BCUT2D eigenvalue weighted by Gasteiger charge is -2.56. The summed E-state index contributed by atoms with van der Waals surface area (Å²) >= 11 is 0. The fraction of sp³-hybridized carbons (Fsp3) is 0.962. The summed E-state index contributed by atoms with van der Waals surface area (Å²) in [6.45, 7) is 8.32. The molecular weight excluding hydrogens is 500 g/mol. The second kappa shape index (κ2) is 13.2. The lowest BCUT2D eigenvalue weighted by Crippen LogP contribution is -2.73. The number of rotatable bonds is 13. The van der Waals surface area contributed by atoms with Gasteiger partial charge < -0.3 is 55.2 Å². The Hall–Kier alpha value is -0.930. The molecule has 0 spiro atoms. The topological polar surface area (TPSA) is 182 Å². The summed E-state index contributed by atoms with van der Waals surface area (Å²) in [6, 6.07) is -1.68. The molecule has 0 aromatic heterocycles. The van der Waals surface area contributed by atoms with Gasteiger partial charge in [0.25, 0.3) is 0 Å². The average molecular weight is 551 g/mol.